The van der Waals surface area contributed by atoms with Crippen molar-refractivity contribution in [1.82, 2.24) is 9.97 Å². The first-order valence-electron chi connectivity index (χ1n) is 6.02. The van der Waals surface area contributed by atoms with Gasteiger partial charge in [-0.3, -0.25) is 4.79 Å². The van der Waals surface area contributed by atoms with Gasteiger partial charge in [0.25, 0.3) is 5.91 Å². The standard InChI is InChI=1S/C15H10ClN3O/c16-15-17-9-8-13(19-15)18-14(20)12-7-3-5-10-4-1-2-6-11(10)12/h1-9H,(H,17,18,19,20). The molecule has 0 radical (unpaired) electrons. The predicted molar refractivity (Wildman–Crippen MR) is 78.9 cm³/mol. The third-order valence-electron chi connectivity index (χ3n) is 2.90. The summed E-state index contributed by atoms with van der Waals surface area (Å²) in [5, 5.41) is 4.73. The SMILES string of the molecule is O=C(Nc1ccnc(Cl)n1)c1cccc2ccccc12. The van der Waals surface area contributed by atoms with E-state index in [0.29, 0.717) is 11.4 Å². The average Bonchev–Trinajstić information content (AvgIpc) is 2.46. The lowest BCUT2D eigenvalue weighted by Crippen LogP contribution is -2.13. The number of rotatable bonds is 2. The molecule has 3 aromatic rings. The zero-order valence-electron chi connectivity index (χ0n) is 10.4. The van der Waals surface area contributed by atoms with Gasteiger partial charge in [0.05, 0.1) is 0 Å². The topological polar surface area (TPSA) is 54.9 Å². The van der Waals surface area contributed by atoms with Gasteiger partial charge in [0.2, 0.25) is 5.28 Å². The lowest BCUT2D eigenvalue weighted by molar-refractivity contribution is 0.102. The maximum atomic E-state index is 12.3. The first-order chi connectivity index (χ1) is 9.74. The molecule has 0 saturated carbocycles. The molecule has 1 N–H and O–H groups in total. The first kappa shape index (κ1) is 12.6. The minimum atomic E-state index is -0.225. The third kappa shape index (κ3) is 2.46. The van der Waals surface area contributed by atoms with E-state index in [2.05, 4.69) is 15.3 Å². The van der Waals surface area contributed by atoms with E-state index >= 15 is 0 Å². The smallest absolute Gasteiger partial charge is 0.257 e. The molecular weight excluding hydrogens is 274 g/mol. The molecule has 0 saturated heterocycles. The van der Waals surface area contributed by atoms with Crippen LogP contribution in [-0.4, -0.2) is 15.9 Å². The second-order valence-corrected chi connectivity index (χ2v) is 4.53. The number of nitrogens with zero attached hydrogens (tertiary/aromatic N) is 2. The lowest BCUT2D eigenvalue weighted by Gasteiger charge is -2.07. The minimum absolute atomic E-state index is 0.0979. The summed E-state index contributed by atoms with van der Waals surface area (Å²) < 4.78 is 0. The van der Waals surface area contributed by atoms with Crippen LogP contribution in [0.15, 0.2) is 54.7 Å². The van der Waals surface area contributed by atoms with Gasteiger partial charge in [-0.15, -0.1) is 0 Å². The van der Waals surface area contributed by atoms with E-state index in [1.165, 1.54) is 6.20 Å². The number of hydrogen-bond acceptors (Lipinski definition) is 3. The van der Waals surface area contributed by atoms with Crippen LogP contribution in [0.3, 0.4) is 0 Å². The molecule has 3 rings (SSSR count). The molecule has 0 bridgehead atoms. The largest absolute Gasteiger partial charge is 0.306 e. The molecule has 2 aromatic carbocycles. The van der Waals surface area contributed by atoms with Crippen LogP contribution in [0.4, 0.5) is 5.82 Å². The average molecular weight is 284 g/mol. The van der Waals surface area contributed by atoms with Gasteiger partial charge >= 0.3 is 0 Å². The number of nitrogens with one attached hydrogen (secondary N) is 1. The number of hydrogen-bond donors (Lipinski definition) is 1. The number of halogens is 1. The molecule has 0 aliphatic rings. The summed E-state index contributed by atoms with van der Waals surface area (Å²) in [7, 11) is 0. The normalized spacial score (nSPS) is 10.4. The number of carbonyl (C=O) groups excluding carboxylic acids is 1. The molecule has 1 heterocycles. The molecule has 5 heteroatoms. The van der Waals surface area contributed by atoms with E-state index in [-0.39, 0.29) is 11.2 Å². The monoisotopic (exact) mass is 283 g/mol. The fraction of sp³-hybridized carbons (Fsp3) is 0. The maximum Gasteiger partial charge on any atom is 0.257 e. The van der Waals surface area contributed by atoms with Crippen molar-refractivity contribution in [3.8, 4) is 0 Å². The summed E-state index contributed by atoms with van der Waals surface area (Å²) in [6.45, 7) is 0. The van der Waals surface area contributed by atoms with Crippen LogP contribution in [0.1, 0.15) is 10.4 Å². The van der Waals surface area contributed by atoms with Gasteiger partial charge < -0.3 is 5.32 Å². The zero-order chi connectivity index (χ0) is 13.9. The summed E-state index contributed by atoms with van der Waals surface area (Å²) in [6.07, 6.45) is 1.49. The van der Waals surface area contributed by atoms with Crippen molar-refractivity contribution in [1.29, 1.82) is 0 Å². The van der Waals surface area contributed by atoms with Gasteiger partial charge in [-0.05, 0) is 34.5 Å². The van der Waals surface area contributed by atoms with Crippen LogP contribution in [0, 0.1) is 0 Å². The van der Waals surface area contributed by atoms with Crippen LogP contribution in [-0.2, 0) is 0 Å². The van der Waals surface area contributed by atoms with Crippen molar-refractivity contribution < 1.29 is 4.79 Å². The van der Waals surface area contributed by atoms with Crippen molar-refractivity contribution in [3.63, 3.8) is 0 Å². The summed E-state index contributed by atoms with van der Waals surface area (Å²) in [5.74, 6) is 0.152. The molecular formula is C15H10ClN3O. The number of amides is 1. The van der Waals surface area contributed by atoms with Crippen LogP contribution in [0.2, 0.25) is 5.28 Å². The first-order valence-corrected chi connectivity index (χ1v) is 6.39. The second kappa shape index (κ2) is 5.27. The summed E-state index contributed by atoms with van der Waals surface area (Å²) in [6, 6.07) is 14.9. The van der Waals surface area contributed by atoms with Crippen molar-refractivity contribution in [2.24, 2.45) is 0 Å². The van der Waals surface area contributed by atoms with Crippen molar-refractivity contribution in [2.75, 3.05) is 5.32 Å². The Morgan fingerprint density at radius 1 is 1.05 bits per heavy atom. The highest BCUT2D eigenvalue weighted by Crippen LogP contribution is 2.19. The van der Waals surface area contributed by atoms with Gasteiger partial charge in [0, 0.05) is 11.8 Å². The summed E-state index contributed by atoms with van der Waals surface area (Å²) in [4.78, 5) is 20.0. The van der Waals surface area contributed by atoms with Gasteiger partial charge in [-0.25, -0.2) is 9.97 Å². The number of carbonyl (C=O) groups is 1. The van der Waals surface area contributed by atoms with E-state index in [4.69, 9.17) is 11.6 Å². The molecule has 0 atom stereocenters. The maximum absolute atomic E-state index is 12.3. The molecule has 0 unspecified atom stereocenters. The highest BCUT2D eigenvalue weighted by molar-refractivity contribution is 6.28. The third-order valence-corrected chi connectivity index (χ3v) is 3.08. The quantitative estimate of drug-likeness (QED) is 0.732. The summed E-state index contributed by atoms with van der Waals surface area (Å²) in [5.41, 5.74) is 0.595. The van der Waals surface area contributed by atoms with Crippen LogP contribution in [0.5, 0.6) is 0 Å². The number of aromatic nitrogens is 2. The Kier molecular flexibility index (Phi) is 3.31. The van der Waals surface area contributed by atoms with Crippen molar-refractivity contribution >= 4 is 34.1 Å². The van der Waals surface area contributed by atoms with Crippen molar-refractivity contribution in [2.45, 2.75) is 0 Å². The fourth-order valence-corrected chi connectivity index (χ4v) is 2.16. The Labute approximate surface area is 120 Å². The van der Waals surface area contributed by atoms with Gasteiger partial charge in [0.15, 0.2) is 0 Å². The number of anilines is 1. The Hall–Kier alpha value is -2.46. The zero-order valence-corrected chi connectivity index (χ0v) is 11.1. The molecule has 4 nitrogen and oxygen atoms in total. The predicted octanol–water partition coefficient (Wildman–Crippen LogP) is 3.54. The Bertz CT molecular complexity index is 783. The van der Waals surface area contributed by atoms with Crippen LogP contribution >= 0.6 is 11.6 Å². The van der Waals surface area contributed by atoms with Crippen LogP contribution in [0.25, 0.3) is 10.8 Å². The Morgan fingerprint density at radius 3 is 2.70 bits per heavy atom. The fourth-order valence-electron chi connectivity index (χ4n) is 2.01. The molecule has 0 aliphatic carbocycles. The molecule has 0 spiro atoms. The lowest BCUT2D eigenvalue weighted by atomic mass is 10.0. The molecule has 1 amide bonds. The molecule has 1 aromatic heterocycles. The van der Waals surface area contributed by atoms with Gasteiger partial charge in [-0.2, -0.15) is 0 Å². The van der Waals surface area contributed by atoms with E-state index in [9.17, 15) is 4.79 Å². The minimum Gasteiger partial charge on any atom is -0.306 e. The number of benzene rings is 2. The summed E-state index contributed by atoms with van der Waals surface area (Å²) >= 11 is 5.70. The Balaban J connectivity index is 1.97. The van der Waals surface area contributed by atoms with Gasteiger partial charge in [-0.1, -0.05) is 36.4 Å². The highest BCUT2D eigenvalue weighted by atomic mass is 35.5. The molecule has 20 heavy (non-hydrogen) atoms. The highest BCUT2D eigenvalue weighted by Gasteiger charge is 2.10. The van der Waals surface area contributed by atoms with E-state index in [1.807, 2.05) is 36.4 Å². The van der Waals surface area contributed by atoms with E-state index in [0.717, 1.165) is 10.8 Å². The van der Waals surface area contributed by atoms with E-state index in [1.54, 1.807) is 12.1 Å². The molecule has 0 aliphatic heterocycles. The second-order valence-electron chi connectivity index (χ2n) is 4.19. The Morgan fingerprint density at radius 2 is 1.85 bits per heavy atom. The number of fused-ring (bicyclic) bond motifs is 1. The van der Waals surface area contributed by atoms with Crippen molar-refractivity contribution in [3.05, 3.63) is 65.6 Å². The van der Waals surface area contributed by atoms with Gasteiger partial charge in [0.1, 0.15) is 5.82 Å². The molecule has 0 fully saturated rings. The van der Waals surface area contributed by atoms with Crippen LogP contribution < -0.4 is 5.32 Å². The van der Waals surface area contributed by atoms with E-state index < -0.39 is 0 Å². The molecule has 98 valence electrons.